The summed E-state index contributed by atoms with van der Waals surface area (Å²) < 4.78 is 0. The maximum atomic E-state index is 12.7. The number of carbonyl (C=O) groups excluding carboxylic acids is 1. The standard InChI is InChI=1S/C18H20ClNOS/c1-12-5-6-13(2)17(11-12)20(4)18(21)14(3)22-16-9-7-15(19)8-10-16/h5-11,14H,1-4H3. The van der Waals surface area contributed by atoms with E-state index >= 15 is 0 Å². The van der Waals surface area contributed by atoms with E-state index in [0.29, 0.717) is 5.02 Å². The SMILES string of the molecule is Cc1ccc(C)c(N(C)C(=O)C(C)Sc2ccc(Cl)cc2)c1. The summed E-state index contributed by atoms with van der Waals surface area (Å²) in [5, 5.41) is 0.543. The molecule has 0 saturated carbocycles. The lowest BCUT2D eigenvalue weighted by molar-refractivity contribution is -0.117. The van der Waals surface area contributed by atoms with Crippen molar-refractivity contribution in [1.82, 2.24) is 0 Å². The lowest BCUT2D eigenvalue weighted by atomic mass is 10.1. The molecule has 2 aromatic carbocycles. The van der Waals surface area contributed by atoms with Crippen LogP contribution in [0.15, 0.2) is 47.4 Å². The summed E-state index contributed by atoms with van der Waals surface area (Å²) in [5.41, 5.74) is 3.22. The van der Waals surface area contributed by atoms with Crippen LogP contribution in [-0.2, 0) is 4.79 Å². The number of nitrogens with zero attached hydrogens (tertiary/aromatic N) is 1. The van der Waals surface area contributed by atoms with E-state index in [1.165, 1.54) is 0 Å². The van der Waals surface area contributed by atoms with Gasteiger partial charge in [0.1, 0.15) is 0 Å². The van der Waals surface area contributed by atoms with Crippen LogP contribution < -0.4 is 4.90 Å². The lowest BCUT2D eigenvalue weighted by Gasteiger charge is -2.23. The van der Waals surface area contributed by atoms with Crippen molar-refractivity contribution in [3.05, 3.63) is 58.6 Å². The molecule has 1 atom stereocenters. The number of thioether (sulfide) groups is 1. The Morgan fingerprint density at radius 3 is 2.41 bits per heavy atom. The fourth-order valence-electron chi connectivity index (χ4n) is 2.24. The minimum absolute atomic E-state index is 0.0913. The zero-order valence-electron chi connectivity index (χ0n) is 13.3. The van der Waals surface area contributed by atoms with Crippen molar-refractivity contribution in [2.45, 2.75) is 30.9 Å². The van der Waals surface area contributed by atoms with Gasteiger partial charge in [-0.1, -0.05) is 23.7 Å². The molecule has 4 heteroatoms. The van der Waals surface area contributed by atoms with Gasteiger partial charge in [0.05, 0.1) is 5.25 Å². The van der Waals surface area contributed by atoms with E-state index in [1.807, 2.05) is 64.2 Å². The Labute approximate surface area is 141 Å². The number of amides is 1. The van der Waals surface area contributed by atoms with Crippen molar-refractivity contribution >= 4 is 35.0 Å². The van der Waals surface area contributed by atoms with Gasteiger partial charge in [0, 0.05) is 22.7 Å². The number of aryl methyl sites for hydroxylation is 2. The molecule has 2 rings (SSSR count). The van der Waals surface area contributed by atoms with E-state index in [-0.39, 0.29) is 11.2 Å². The fourth-order valence-corrected chi connectivity index (χ4v) is 3.33. The summed E-state index contributed by atoms with van der Waals surface area (Å²) in [5.74, 6) is 0.0913. The Bertz CT molecular complexity index is 669. The second-order valence-corrected chi connectivity index (χ2v) is 7.25. The minimum atomic E-state index is -0.161. The van der Waals surface area contributed by atoms with Gasteiger partial charge in [0.25, 0.3) is 0 Å². The predicted molar refractivity (Wildman–Crippen MR) is 96.1 cm³/mol. The van der Waals surface area contributed by atoms with E-state index in [4.69, 9.17) is 11.6 Å². The van der Waals surface area contributed by atoms with Gasteiger partial charge in [-0.05, 0) is 62.2 Å². The first kappa shape index (κ1) is 16.9. The number of halogens is 1. The van der Waals surface area contributed by atoms with Crippen molar-refractivity contribution in [2.75, 3.05) is 11.9 Å². The second kappa shape index (κ2) is 7.21. The van der Waals surface area contributed by atoms with Crippen LogP contribution in [0.25, 0.3) is 0 Å². The Hall–Kier alpha value is -1.45. The van der Waals surface area contributed by atoms with E-state index in [0.717, 1.165) is 21.7 Å². The summed E-state index contributed by atoms with van der Waals surface area (Å²) in [6.07, 6.45) is 0. The molecular formula is C18H20ClNOS. The molecule has 116 valence electrons. The molecule has 2 nitrogen and oxygen atoms in total. The molecule has 0 fully saturated rings. The molecule has 0 aromatic heterocycles. The van der Waals surface area contributed by atoms with E-state index < -0.39 is 0 Å². The molecule has 0 saturated heterocycles. The molecule has 22 heavy (non-hydrogen) atoms. The molecule has 0 aliphatic heterocycles. The van der Waals surface area contributed by atoms with E-state index in [9.17, 15) is 4.79 Å². The first-order valence-electron chi connectivity index (χ1n) is 7.15. The maximum absolute atomic E-state index is 12.7. The molecule has 0 aliphatic carbocycles. The first-order chi connectivity index (χ1) is 10.4. The summed E-state index contributed by atoms with van der Waals surface area (Å²) in [4.78, 5) is 15.4. The van der Waals surface area contributed by atoms with Crippen LogP contribution in [0.2, 0.25) is 5.02 Å². The third-order valence-corrected chi connectivity index (χ3v) is 4.88. The first-order valence-corrected chi connectivity index (χ1v) is 8.41. The smallest absolute Gasteiger partial charge is 0.239 e. The van der Waals surface area contributed by atoms with E-state index in [2.05, 4.69) is 6.07 Å². The van der Waals surface area contributed by atoms with Gasteiger partial charge in [-0.3, -0.25) is 4.79 Å². The second-order valence-electron chi connectivity index (χ2n) is 5.40. The van der Waals surface area contributed by atoms with Gasteiger partial charge in [-0.25, -0.2) is 0 Å². The number of anilines is 1. The normalized spacial score (nSPS) is 12.0. The Morgan fingerprint density at radius 2 is 1.77 bits per heavy atom. The molecule has 0 spiro atoms. The van der Waals surface area contributed by atoms with Crippen LogP contribution in [-0.4, -0.2) is 18.2 Å². The molecule has 2 aromatic rings. The quantitative estimate of drug-likeness (QED) is 0.725. The summed E-state index contributed by atoms with van der Waals surface area (Å²) in [7, 11) is 1.84. The number of hydrogen-bond acceptors (Lipinski definition) is 2. The average Bonchev–Trinajstić information content (AvgIpc) is 2.50. The summed E-state index contributed by atoms with van der Waals surface area (Å²) >= 11 is 7.43. The lowest BCUT2D eigenvalue weighted by Crippen LogP contribution is -2.33. The van der Waals surface area contributed by atoms with Crippen LogP contribution in [0.1, 0.15) is 18.1 Å². The minimum Gasteiger partial charge on any atom is -0.314 e. The molecule has 0 N–H and O–H groups in total. The van der Waals surface area contributed by atoms with Crippen LogP contribution in [0, 0.1) is 13.8 Å². The molecule has 0 aliphatic rings. The average molecular weight is 334 g/mol. The van der Waals surface area contributed by atoms with Crippen molar-refractivity contribution in [2.24, 2.45) is 0 Å². The highest BCUT2D eigenvalue weighted by Gasteiger charge is 2.21. The van der Waals surface area contributed by atoms with Crippen LogP contribution in [0.4, 0.5) is 5.69 Å². The van der Waals surface area contributed by atoms with Crippen LogP contribution >= 0.6 is 23.4 Å². The summed E-state index contributed by atoms with van der Waals surface area (Å²) in [6, 6.07) is 13.7. The Morgan fingerprint density at radius 1 is 1.14 bits per heavy atom. The van der Waals surface area contributed by atoms with Crippen LogP contribution in [0.3, 0.4) is 0 Å². The summed E-state index contributed by atoms with van der Waals surface area (Å²) in [6.45, 7) is 5.99. The maximum Gasteiger partial charge on any atom is 0.239 e. The number of rotatable bonds is 4. The zero-order chi connectivity index (χ0) is 16.3. The van der Waals surface area contributed by atoms with Gasteiger partial charge in [0.2, 0.25) is 5.91 Å². The molecule has 1 unspecified atom stereocenters. The third kappa shape index (κ3) is 4.05. The van der Waals surface area contributed by atoms with Gasteiger partial charge in [0.15, 0.2) is 0 Å². The predicted octanol–water partition coefficient (Wildman–Crippen LogP) is 5.10. The van der Waals surface area contributed by atoms with E-state index in [1.54, 1.807) is 16.7 Å². The monoisotopic (exact) mass is 333 g/mol. The fraction of sp³-hybridized carbons (Fsp3) is 0.278. The van der Waals surface area contributed by atoms with Gasteiger partial charge in [-0.15, -0.1) is 11.8 Å². The zero-order valence-corrected chi connectivity index (χ0v) is 14.8. The van der Waals surface area contributed by atoms with Gasteiger partial charge >= 0.3 is 0 Å². The molecule has 0 heterocycles. The van der Waals surface area contributed by atoms with Crippen LogP contribution in [0.5, 0.6) is 0 Å². The highest BCUT2D eigenvalue weighted by Crippen LogP contribution is 2.28. The molecule has 0 bridgehead atoms. The molecule has 0 radical (unpaired) electrons. The topological polar surface area (TPSA) is 20.3 Å². The molecule has 1 amide bonds. The highest BCUT2D eigenvalue weighted by atomic mass is 35.5. The van der Waals surface area contributed by atoms with Gasteiger partial charge in [-0.2, -0.15) is 0 Å². The molecular weight excluding hydrogens is 314 g/mol. The van der Waals surface area contributed by atoms with Gasteiger partial charge < -0.3 is 4.90 Å². The Kier molecular flexibility index (Phi) is 5.54. The highest BCUT2D eigenvalue weighted by molar-refractivity contribution is 8.00. The Balaban J connectivity index is 2.12. The number of hydrogen-bond donors (Lipinski definition) is 0. The van der Waals surface area contributed by atoms with Crippen molar-refractivity contribution in [1.29, 1.82) is 0 Å². The third-order valence-electron chi connectivity index (χ3n) is 3.53. The number of benzene rings is 2. The number of carbonyl (C=O) groups is 1. The largest absolute Gasteiger partial charge is 0.314 e. The van der Waals surface area contributed by atoms with Crippen molar-refractivity contribution < 1.29 is 4.79 Å². The van der Waals surface area contributed by atoms with Crippen molar-refractivity contribution in [3.63, 3.8) is 0 Å². The van der Waals surface area contributed by atoms with Crippen molar-refractivity contribution in [3.8, 4) is 0 Å².